The van der Waals surface area contributed by atoms with Crippen LogP contribution in [0.1, 0.15) is 75.5 Å². The summed E-state index contributed by atoms with van der Waals surface area (Å²) < 4.78 is 24.6. The number of nitrogens with one attached hydrogen (secondary N) is 1. The van der Waals surface area contributed by atoms with E-state index in [9.17, 15) is 4.79 Å². The van der Waals surface area contributed by atoms with E-state index >= 15 is 0 Å². The van der Waals surface area contributed by atoms with E-state index in [4.69, 9.17) is 18.8 Å². The highest BCUT2D eigenvalue weighted by atomic mass is 16.7. The van der Waals surface area contributed by atoms with Crippen LogP contribution in [0, 0.1) is 6.92 Å². The number of aromatic nitrogens is 1. The zero-order valence-corrected chi connectivity index (χ0v) is 24.0. The molecule has 1 saturated heterocycles. The third-order valence-electron chi connectivity index (χ3n) is 8.29. The Hall–Kier alpha value is -3.29. The number of aromatic amines is 1. The van der Waals surface area contributed by atoms with Crippen molar-refractivity contribution in [1.82, 2.24) is 4.98 Å². The minimum absolute atomic E-state index is 0.0296. The van der Waals surface area contributed by atoms with Gasteiger partial charge in [-0.05, 0) is 76.5 Å². The van der Waals surface area contributed by atoms with E-state index in [1.807, 2.05) is 65.8 Å². The van der Waals surface area contributed by atoms with Gasteiger partial charge in [0, 0.05) is 21.8 Å². The highest BCUT2D eigenvalue weighted by molar-refractivity contribution is 6.65. The van der Waals surface area contributed by atoms with E-state index in [1.54, 1.807) is 0 Å². The molecule has 0 bridgehead atoms. The van der Waals surface area contributed by atoms with Gasteiger partial charge >= 0.3 is 13.1 Å². The third-order valence-corrected chi connectivity index (χ3v) is 8.29. The number of esters is 1. The first-order valence-electron chi connectivity index (χ1n) is 13.8. The maximum atomic E-state index is 13.2. The van der Waals surface area contributed by atoms with E-state index in [-0.39, 0.29) is 11.9 Å². The molecule has 0 amide bonds. The summed E-state index contributed by atoms with van der Waals surface area (Å²) in [6.07, 6.45) is 0.724. The summed E-state index contributed by atoms with van der Waals surface area (Å²) in [5.41, 5.74) is 3.28. The fourth-order valence-electron chi connectivity index (χ4n) is 5.36. The minimum atomic E-state index is -0.551. The first kappa shape index (κ1) is 27.3. The number of hydrogen-bond acceptors (Lipinski definition) is 5. The van der Waals surface area contributed by atoms with Crippen LogP contribution >= 0.6 is 0 Å². The van der Waals surface area contributed by atoms with E-state index in [2.05, 4.69) is 42.2 Å². The van der Waals surface area contributed by atoms with Gasteiger partial charge in [0.1, 0.15) is 11.4 Å². The highest BCUT2D eigenvalue weighted by Gasteiger charge is 2.52. The third kappa shape index (κ3) is 4.94. The van der Waals surface area contributed by atoms with Crippen LogP contribution in [-0.2, 0) is 14.0 Å². The second-order valence-electron chi connectivity index (χ2n) is 11.5. The summed E-state index contributed by atoms with van der Waals surface area (Å²) in [5.74, 6) is 0.536. The number of carbonyl (C=O) groups is 1. The molecule has 1 fully saturated rings. The molecular formula is C32H38BNO5. The molecule has 0 radical (unpaired) electrons. The summed E-state index contributed by atoms with van der Waals surface area (Å²) in [5, 5.41) is 3.22. The van der Waals surface area contributed by atoms with Crippen LogP contribution in [0.3, 0.4) is 0 Å². The van der Waals surface area contributed by atoms with Gasteiger partial charge in [0.15, 0.2) is 0 Å². The Morgan fingerprint density at radius 2 is 1.67 bits per heavy atom. The van der Waals surface area contributed by atoms with Crippen molar-refractivity contribution >= 4 is 40.2 Å². The zero-order valence-electron chi connectivity index (χ0n) is 24.0. The molecule has 7 heteroatoms. The van der Waals surface area contributed by atoms with Crippen molar-refractivity contribution in [3.05, 3.63) is 71.4 Å². The van der Waals surface area contributed by atoms with Crippen molar-refractivity contribution in [2.75, 3.05) is 13.2 Å². The molecule has 1 aliphatic rings. The zero-order chi connectivity index (χ0) is 27.9. The minimum Gasteiger partial charge on any atom is -0.493 e. The molecule has 204 valence electrons. The van der Waals surface area contributed by atoms with Gasteiger partial charge in [-0.2, -0.15) is 0 Å². The first-order chi connectivity index (χ1) is 18.5. The molecule has 4 aromatic rings. The van der Waals surface area contributed by atoms with Gasteiger partial charge in [0.2, 0.25) is 0 Å². The van der Waals surface area contributed by atoms with Gasteiger partial charge < -0.3 is 23.8 Å². The molecule has 5 rings (SSSR count). The van der Waals surface area contributed by atoms with Gasteiger partial charge in [-0.1, -0.05) is 55.5 Å². The molecule has 1 atom stereocenters. The maximum Gasteiger partial charge on any atom is 0.497 e. The van der Waals surface area contributed by atoms with Crippen molar-refractivity contribution in [3.8, 4) is 5.75 Å². The number of carbonyl (C=O) groups excluding carboxylic acids is 1. The fraction of sp³-hybridized carbons (Fsp3) is 0.406. The van der Waals surface area contributed by atoms with Crippen molar-refractivity contribution in [3.63, 3.8) is 0 Å². The Kier molecular flexibility index (Phi) is 7.25. The first-order valence-corrected chi connectivity index (χ1v) is 13.8. The number of rotatable bonds is 8. The highest BCUT2D eigenvalue weighted by Crippen LogP contribution is 2.39. The van der Waals surface area contributed by atoms with Crippen molar-refractivity contribution < 1.29 is 23.6 Å². The monoisotopic (exact) mass is 527 g/mol. The predicted molar refractivity (Wildman–Crippen MR) is 157 cm³/mol. The molecule has 39 heavy (non-hydrogen) atoms. The Morgan fingerprint density at radius 1 is 0.974 bits per heavy atom. The number of benzene rings is 3. The van der Waals surface area contributed by atoms with Gasteiger partial charge in [-0.25, -0.2) is 4.79 Å². The second-order valence-corrected chi connectivity index (χ2v) is 11.5. The number of ether oxygens (including phenoxy) is 2. The number of H-pyrrole nitrogens is 1. The Balaban J connectivity index is 1.49. The second kappa shape index (κ2) is 10.4. The molecule has 3 aromatic carbocycles. The maximum absolute atomic E-state index is 13.2. The van der Waals surface area contributed by atoms with Crippen LogP contribution in [0.2, 0.25) is 0 Å². The van der Waals surface area contributed by atoms with Crippen LogP contribution in [0.25, 0.3) is 21.7 Å². The number of fused-ring (bicyclic) bond motifs is 2. The van der Waals surface area contributed by atoms with Crippen LogP contribution in [0.15, 0.2) is 54.6 Å². The summed E-state index contributed by atoms with van der Waals surface area (Å²) in [7, 11) is -0.551. The van der Waals surface area contributed by atoms with Crippen LogP contribution in [0.5, 0.6) is 5.75 Å². The Morgan fingerprint density at radius 3 is 2.38 bits per heavy atom. The quantitative estimate of drug-likeness (QED) is 0.205. The van der Waals surface area contributed by atoms with Crippen LogP contribution in [0.4, 0.5) is 0 Å². The average Bonchev–Trinajstić information content (AvgIpc) is 3.37. The van der Waals surface area contributed by atoms with E-state index in [0.717, 1.165) is 50.4 Å². The molecule has 0 unspecified atom stereocenters. The van der Waals surface area contributed by atoms with Gasteiger partial charge in [0.05, 0.1) is 24.4 Å². The lowest BCUT2D eigenvalue weighted by Gasteiger charge is -2.32. The molecule has 0 saturated carbocycles. The van der Waals surface area contributed by atoms with Gasteiger partial charge in [-0.15, -0.1) is 0 Å². The van der Waals surface area contributed by atoms with Crippen LogP contribution < -0.4 is 10.2 Å². The largest absolute Gasteiger partial charge is 0.497 e. The van der Waals surface area contributed by atoms with Gasteiger partial charge in [0.25, 0.3) is 0 Å². The molecule has 0 aliphatic carbocycles. The Labute approximate surface area is 231 Å². The number of hydrogen-bond donors (Lipinski definition) is 1. The lowest BCUT2D eigenvalue weighted by Crippen LogP contribution is -2.41. The van der Waals surface area contributed by atoms with E-state index < -0.39 is 18.3 Å². The summed E-state index contributed by atoms with van der Waals surface area (Å²) >= 11 is 0. The average molecular weight is 527 g/mol. The summed E-state index contributed by atoms with van der Waals surface area (Å²) in [6, 6.07) is 18.5. The van der Waals surface area contributed by atoms with Gasteiger partial charge in [-0.3, -0.25) is 0 Å². The van der Waals surface area contributed by atoms with Crippen molar-refractivity contribution in [2.45, 2.75) is 72.0 Å². The predicted octanol–water partition coefficient (Wildman–Crippen LogP) is 6.68. The topological polar surface area (TPSA) is 69.8 Å². The molecule has 0 spiro atoms. The lowest BCUT2D eigenvalue weighted by atomic mass is 9.74. The molecular weight excluding hydrogens is 489 g/mol. The normalized spacial score (nSPS) is 17.1. The van der Waals surface area contributed by atoms with E-state index in [0.29, 0.717) is 18.9 Å². The molecule has 6 nitrogen and oxygen atoms in total. The van der Waals surface area contributed by atoms with Crippen LogP contribution in [-0.4, -0.2) is 42.5 Å². The molecule has 1 aromatic heterocycles. The van der Waals surface area contributed by atoms with Crippen molar-refractivity contribution in [1.29, 1.82) is 0 Å². The molecule has 1 aliphatic heterocycles. The fourth-order valence-corrected chi connectivity index (χ4v) is 5.36. The van der Waals surface area contributed by atoms with Crippen molar-refractivity contribution in [2.24, 2.45) is 0 Å². The molecule has 1 N–H and O–H groups in total. The number of aryl methyl sites for hydroxylation is 1. The van der Waals surface area contributed by atoms with E-state index in [1.165, 1.54) is 0 Å². The Bertz CT molecular complexity index is 1500. The summed E-state index contributed by atoms with van der Waals surface area (Å²) in [4.78, 5) is 16.6. The lowest BCUT2D eigenvalue weighted by molar-refractivity contribution is 0.00578. The smallest absolute Gasteiger partial charge is 0.493 e. The SMILES string of the molecule is CCOC(=O)c1[nH]c2c(B3OC(C)(C)C(C)(C)O3)c(C)ccc2c1[C@H](C)CCOc1cccc2ccccc12. The standard InChI is InChI=1S/C32H38BNO5/c1-8-36-30(35)29-26(20(2)18-19-37-25-15-11-13-22-12-9-10-14-23(22)25)24-17-16-21(3)27(28(24)34-29)33-38-31(4,5)32(6,7)39-33/h9-17,20,34H,8,18-19H2,1-7H3/t20-/m1/s1. The molecule has 2 heterocycles. The summed E-state index contributed by atoms with van der Waals surface area (Å²) in [6.45, 7) is 15.0.